The summed E-state index contributed by atoms with van der Waals surface area (Å²) in [7, 11) is -2.31. The average Bonchev–Trinajstić information content (AvgIpc) is 2.92. The molecule has 3 N–H and O–H groups in total. The van der Waals surface area contributed by atoms with E-state index in [1.165, 1.54) is 4.90 Å². The van der Waals surface area contributed by atoms with Crippen LogP contribution < -0.4 is 4.72 Å². The number of carbonyl (C=O) groups is 2. The molecule has 1 fully saturated rings. The average molecular weight is 287 g/mol. The first kappa shape index (κ1) is 13.6. The molecule has 1 aliphatic heterocycles. The number of aromatic nitrogens is 1. The lowest BCUT2D eigenvalue weighted by Gasteiger charge is -2.11. The van der Waals surface area contributed by atoms with Crippen molar-refractivity contribution >= 4 is 21.9 Å². The number of rotatable bonds is 4. The summed E-state index contributed by atoms with van der Waals surface area (Å²) in [5.41, 5.74) is -0.227. The molecule has 2 heterocycles. The molecule has 0 bridgehead atoms. The van der Waals surface area contributed by atoms with Crippen molar-refractivity contribution in [2.75, 3.05) is 13.6 Å². The minimum absolute atomic E-state index is 0.202. The maximum absolute atomic E-state index is 12.0. The fraction of sp³-hybridized carbons (Fsp3) is 0.400. The number of nitrogens with zero attached hydrogens (tertiary/aromatic N) is 1. The number of nitrogens with one attached hydrogen (secondary N) is 2. The number of amides is 1. The van der Waals surface area contributed by atoms with Crippen LogP contribution >= 0.6 is 0 Å². The molecule has 0 aromatic carbocycles. The molecule has 0 spiro atoms. The Morgan fingerprint density at radius 3 is 2.74 bits per heavy atom. The lowest BCUT2D eigenvalue weighted by atomic mass is 10.3. The minimum Gasteiger partial charge on any atom is -0.477 e. The number of likely N-dealkylation sites (tertiary alicyclic amines) is 1. The number of hydrogen-bond acceptors (Lipinski definition) is 4. The quantitative estimate of drug-likeness (QED) is 0.671. The number of likely N-dealkylation sites (N-methyl/N-ethyl adjacent to an activating group) is 1. The Hall–Kier alpha value is -1.87. The number of carboxylic acids is 1. The minimum atomic E-state index is -3.90. The van der Waals surface area contributed by atoms with E-state index in [1.54, 1.807) is 7.05 Å². The molecule has 1 aromatic rings. The van der Waals surface area contributed by atoms with Crippen molar-refractivity contribution in [2.24, 2.45) is 0 Å². The van der Waals surface area contributed by atoms with Gasteiger partial charge in [0.1, 0.15) is 16.6 Å². The largest absolute Gasteiger partial charge is 0.477 e. The summed E-state index contributed by atoms with van der Waals surface area (Å²) in [5.74, 6) is -1.55. The molecular formula is C10H13N3O5S. The van der Waals surface area contributed by atoms with Crippen molar-refractivity contribution < 1.29 is 23.1 Å². The third-order valence-electron chi connectivity index (χ3n) is 2.92. The summed E-state index contributed by atoms with van der Waals surface area (Å²) < 4.78 is 26.2. The van der Waals surface area contributed by atoms with Crippen LogP contribution in [0.15, 0.2) is 17.2 Å². The molecule has 19 heavy (non-hydrogen) atoms. The van der Waals surface area contributed by atoms with Gasteiger partial charge in [0, 0.05) is 19.8 Å². The summed E-state index contributed by atoms with van der Waals surface area (Å²) in [4.78, 5) is 25.9. The van der Waals surface area contributed by atoms with Crippen molar-refractivity contribution in [1.29, 1.82) is 0 Å². The molecule has 0 radical (unpaired) electrons. The van der Waals surface area contributed by atoms with Gasteiger partial charge in [-0.25, -0.2) is 13.2 Å². The zero-order valence-corrected chi connectivity index (χ0v) is 10.9. The van der Waals surface area contributed by atoms with E-state index in [2.05, 4.69) is 9.71 Å². The van der Waals surface area contributed by atoms with E-state index >= 15 is 0 Å². The lowest BCUT2D eigenvalue weighted by Crippen LogP contribution is -2.40. The van der Waals surface area contributed by atoms with E-state index in [4.69, 9.17) is 5.11 Å². The van der Waals surface area contributed by atoms with E-state index < -0.39 is 22.0 Å². The number of hydrogen-bond donors (Lipinski definition) is 3. The predicted octanol–water partition coefficient (Wildman–Crippen LogP) is -0.778. The summed E-state index contributed by atoms with van der Waals surface area (Å²) >= 11 is 0. The third-order valence-corrected chi connectivity index (χ3v) is 4.37. The molecule has 1 aliphatic rings. The van der Waals surface area contributed by atoms with Crippen LogP contribution in [-0.4, -0.2) is 54.9 Å². The van der Waals surface area contributed by atoms with Crippen molar-refractivity contribution in [2.45, 2.75) is 17.4 Å². The van der Waals surface area contributed by atoms with Gasteiger partial charge in [0.15, 0.2) is 0 Å². The first-order chi connectivity index (χ1) is 8.81. The molecule has 0 saturated carbocycles. The second-order valence-corrected chi connectivity index (χ2v) is 5.99. The number of carboxylic acid groups (broad SMARTS) is 1. The first-order valence-corrected chi connectivity index (χ1v) is 6.98. The van der Waals surface area contributed by atoms with Gasteiger partial charge in [-0.2, -0.15) is 4.72 Å². The number of aromatic carboxylic acids is 1. The standard InChI is InChI=1S/C10H13N3O5S/c1-13-3-2-7(9(13)14)12-19(17,18)6-4-8(10(15)16)11-5-6/h4-5,7,11-12H,2-3H2,1H3,(H,15,16). The van der Waals surface area contributed by atoms with Gasteiger partial charge < -0.3 is 15.0 Å². The zero-order valence-electron chi connectivity index (χ0n) is 10.1. The van der Waals surface area contributed by atoms with Crippen LogP contribution in [0.25, 0.3) is 0 Å². The molecule has 1 atom stereocenters. The highest BCUT2D eigenvalue weighted by atomic mass is 32.2. The van der Waals surface area contributed by atoms with E-state index in [0.717, 1.165) is 12.3 Å². The molecule has 1 unspecified atom stereocenters. The third kappa shape index (κ3) is 2.61. The fourth-order valence-corrected chi connectivity index (χ4v) is 3.06. The van der Waals surface area contributed by atoms with Gasteiger partial charge in [0.05, 0.1) is 0 Å². The molecular weight excluding hydrogens is 274 g/mol. The van der Waals surface area contributed by atoms with Crippen LogP contribution in [0.2, 0.25) is 0 Å². The topological polar surface area (TPSA) is 120 Å². The predicted molar refractivity (Wildman–Crippen MR) is 64.1 cm³/mol. The van der Waals surface area contributed by atoms with Crippen molar-refractivity contribution in [3.8, 4) is 0 Å². The van der Waals surface area contributed by atoms with Gasteiger partial charge in [-0.3, -0.25) is 4.79 Å². The lowest BCUT2D eigenvalue weighted by molar-refractivity contribution is -0.127. The Morgan fingerprint density at radius 2 is 2.26 bits per heavy atom. The van der Waals surface area contributed by atoms with Crippen LogP contribution in [0.4, 0.5) is 0 Å². The van der Waals surface area contributed by atoms with E-state index in [9.17, 15) is 18.0 Å². The van der Waals surface area contributed by atoms with Gasteiger partial charge in [-0.05, 0) is 12.5 Å². The Kier molecular flexibility index (Phi) is 3.33. The highest BCUT2D eigenvalue weighted by Crippen LogP contribution is 2.15. The Balaban J connectivity index is 2.18. The number of aromatic amines is 1. The molecule has 104 valence electrons. The van der Waals surface area contributed by atoms with Crippen LogP contribution in [0, 0.1) is 0 Å². The highest BCUT2D eigenvalue weighted by Gasteiger charge is 2.33. The Bertz CT molecular complexity index is 621. The van der Waals surface area contributed by atoms with Gasteiger partial charge in [0.25, 0.3) is 0 Å². The molecule has 9 heteroatoms. The summed E-state index contributed by atoms with van der Waals surface area (Å²) in [6.07, 6.45) is 1.47. The van der Waals surface area contributed by atoms with Crippen LogP contribution in [0.1, 0.15) is 16.9 Å². The second-order valence-electron chi connectivity index (χ2n) is 4.28. The molecule has 1 aromatic heterocycles. The Morgan fingerprint density at radius 1 is 1.58 bits per heavy atom. The SMILES string of the molecule is CN1CCC(NS(=O)(=O)c2c[nH]c(C(=O)O)c2)C1=O. The molecule has 8 nitrogen and oxygen atoms in total. The van der Waals surface area contributed by atoms with E-state index in [-0.39, 0.29) is 16.5 Å². The van der Waals surface area contributed by atoms with Gasteiger partial charge >= 0.3 is 5.97 Å². The molecule has 0 aliphatic carbocycles. The Labute approximate surface area is 109 Å². The van der Waals surface area contributed by atoms with Crippen molar-refractivity contribution in [3.05, 3.63) is 18.0 Å². The number of H-pyrrole nitrogens is 1. The normalized spacial score (nSPS) is 19.9. The van der Waals surface area contributed by atoms with Gasteiger partial charge in [-0.15, -0.1) is 0 Å². The molecule has 1 amide bonds. The molecule has 2 rings (SSSR count). The zero-order chi connectivity index (χ0) is 14.2. The highest BCUT2D eigenvalue weighted by molar-refractivity contribution is 7.89. The monoisotopic (exact) mass is 287 g/mol. The summed E-state index contributed by atoms with van der Waals surface area (Å²) in [5, 5.41) is 8.72. The van der Waals surface area contributed by atoms with Crippen LogP contribution in [0.5, 0.6) is 0 Å². The maximum Gasteiger partial charge on any atom is 0.352 e. The summed E-state index contributed by atoms with van der Waals surface area (Å²) in [6, 6.07) is 0.214. The number of carbonyl (C=O) groups excluding carboxylic acids is 1. The van der Waals surface area contributed by atoms with Gasteiger partial charge in [-0.1, -0.05) is 0 Å². The molecule has 1 saturated heterocycles. The first-order valence-electron chi connectivity index (χ1n) is 5.50. The van der Waals surface area contributed by atoms with Crippen LogP contribution in [-0.2, 0) is 14.8 Å². The van der Waals surface area contributed by atoms with Crippen LogP contribution in [0.3, 0.4) is 0 Å². The fourth-order valence-electron chi connectivity index (χ4n) is 1.84. The number of sulfonamides is 1. The van der Waals surface area contributed by atoms with Gasteiger partial charge in [0.2, 0.25) is 15.9 Å². The smallest absolute Gasteiger partial charge is 0.352 e. The van der Waals surface area contributed by atoms with Crippen molar-refractivity contribution in [1.82, 2.24) is 14.6 Å². The maximum atomic E-state index is 12.0. The second kappa shape index (κ2) is 4.67. The summed E-state index contributed by atoms with van der Waals surface area (Å²) in [6.45, 7) is 0.486. The van der Waals surface area contributed by atoms with Crippen molar-refractivity contribution in [3.63, 3.8) is 0 Å². The van der Waals surface area contributed by atoms with E-state index in [1.807, 2.05) is 0 Å². The van der Waals surface area contributed by atoms with E-state index in [0.29, 0.717) is 13.0 Å².